The molecule has 0 aromatic heterocycles. The van der Waals surface area contributed by atoms with E-state index >= 15 is 0 Å². The van der Waals surface area contributed by atoms with Crippen LogP contribution in [0.4, 0.5) is 4.79 Å². The lowest BCUT2D eigenvalue weighted by Crippen LogP contribution is -2.60. The van der Waals surface area contributed by atoms with Crippen LogP contribution in [0.5, 0.6) is 0 Å². The molecule has 0 saturated carbocycles. The highest BCUT2D eigenvalue weighted by Crippen LogP contribution is 2.41. The molecule has 2 heterocycles. The molecule has 2 bridgehead atoms. The third-order valence-electron chi connectivity index (χ3n) is 3.50. The van der Waals surface area contributed by atoms with E-state index < -0.39 is 19.8 Å². The number of carbonyl (C=O) groups is 1. The highest BCUT2D eigenvalue weighted by atomic mass is 28.4. The summed E-state index contributed by atoms with van der Waals surface area (Å²) in [5.41, 5.74) is -0.596. The number of fused-ring (bicyclic) bond motifs is 2. The van der Waals surface area contributed by atoms with E-state index in [4.69, 9.17) is 14.3 Å². The average Bonchev–Trinajstić information content (AvgIpc) is 2.47. The van der Waals surface area contributed by atoms with Crippen LogP contribution in [-0.2, 0) is 9.16 Å². The third kappa shape index (κ3) is 2.40. The molecule has 2 N–H and O–H groups in total. The standard InChI is InChI=1S/C11H21NO5Si/c1-18(2,3)17-9-8-4-12(10(14)15)5-11(9,6-13)7-16-8/h8-9,13H,4-7H2,1-3H3,(H,14,15). The Morgan fingerprint density at radius 1 is 1.56 bits per heavy atom. The maximum absolute atomic E-state index is 11.1. The summed E-state index contributed by atoms with van der Waals surface area (Å²) in [6.45, 7) is 7.12. The summed E-state index contributed by atoms with van der Waals surface area (Å²) in [6.07, 6.45) is -1.41. The summed E-state index contributed by atoms with van der Waals surface area (Å²) >= 11 is 0. The van der Waals surface area contributed by atoms with Gasteiger partial charge in [0.05, 0.1) is 31.3 Å². The molecule has 2 aliphatic heterocycles. The Labute approximate surface area is 108 Å². The van der Waals surface area contributed by atoms with Gasteiger partial charge >= 0.3 is 6.09 Å². The Morgan fingerprint density at radius 3 is 2.72 bits per heavy atom. The van der Waals surface area contributed by atoms with E-state index in [0.717, 1.165) is 0 Å². The molecule has 0 radical (unpaired) electrons. The van der Waals surface area contributed by atoms with Crippen LogP contribution in [0.2, 0.25) is 19.6 Å². The number of carboxylic acid groups (broad SMARTS) is 1. The van der Waals surface area contributed by atoms with Gasteiger partial charge in [-0.15, -0.1) is 0 Å². The first kappa shape index (κ1) is 13.8. The Balaban J connectivity index is 2.20. The average molecular weight is 275 g/mol. The van der Waals surface area contributed by atoms with E-state index in [1.807, 2.05) is 0 Å². The number of hydrogen-bond donors (Lipinski definition) is 2. The zero-order chi connectivity index (χ0) is 13.6. The van der Waals surface area contributed by atoms with Crippen molar-refractivity contribution >= 4 is 14.4 Å². The van der Waals surface area contributed by atoms with Gasteiger partial charge in [-0.25, -0.2) is 4.79 Å². The molecule has 104 valence electrons. The van der Waals surface area contributed by atoms with Crippen LogP contribution in [0.25, 0.3) is 0 Å². The molecule has 0 aromatic carbocycles. The minimum absolute atomic E-state index is 0.109. The minimum Gasteiger partial charge on any atom is -0.465 e. The smallest absolute Gasteiger partial charge is 0.407 e. The second-order valence-corrected chi connectivity index (χ2v) is 10.6. The number of aliphatic hydroxyl groups is 1. The van der Waals surface area contributed by atoms with Crippen LogP contribution in [0.3, 0.4) is 0 Å². The number of piperidine rings is 1. The number of nitrogens with zero attached hydrogens (tertiary/aromatic N) is 1. The summed E-state index contributed by atoms with van der Waals surface area (Å²) in [7, 11) is -1.76. The summed E-state index contributed by atoms with van der Waals surface area (Å²) in [4.78, 5) is 12.4. The molecule has 7 heteroatoms. The van der Waals surface area contributed by atoms with Crippen LogP contribution in [-0.4, -0.2) is 68.0 Å². The molecule has 0 aromatic rings. The number of amides is 1. The number of likely N-dealkylation sites (tertiary alicyclic amines) is 1. The van der Waals surface area contributed by atoms with Crippen LogP contribution in [0, 0.1) is 5.41 Å². The fraction of sp³-hybridized carbons (Fsp3) is 0.909. The maximum Gasteiger partial charge on any atom is 0.407 e. The molecule has 1 amide bonds. The van der Waals surface area contributed by atoms with Gasteiger partial charge in [0, 0.05) is 6.54 Å². The van der Waals surface area contributed by atoms with Gasteiger partial charge in [-0.3, -0.25) is 0 Å². The molecule has 0 aliphatic carbocycles. The normalized spacial score (nSPS) is 35.9. The van der Waals surface area contributed by atoms with Crippen LogP contribution in [0.15, 0.2) is 0 Å². The maximum atomic E-state index is 11.1. The molecule has 18 heavy (non-hydrogen) atoms. The van der Waals surface area contributed by atoms with Crippen LogP contribution >= 0.6 is 0 Å². The van der Waals surface area contributed by atoms with Gasteiger partial charge in [-0.2, -0.15) is 0 Å². The molecule has 2 saturated heterocycles. The van der Waals surface area contributed by atoms with Crippen molar-refractivity contribution in [2.45, 2.75) is 31.8 Å². The lowest BCUT2D eigenvalue weighted by atomic mass is 9.80. The Morgan fingerprint density at radius 2 is 2.22 bits per heavy atom. The van der Waals surface area contributed by atoms with E-state index in [-0.39, 0.29) is 25.4 Å². The molecular formula is C11H21NO5Si. The summed E-state index contributed by atoms with van der Waals surface area (Å²) < 4.78 is 11.8. The second kappa shape index (κ2) is 4.48. The number of aliphatic hydroxyl groups excluding tert-OH is 1. The fourth-order valence-corrected chi connectivity index (χ4v) is 3.86. The Kier molecular flexibility index (Phi) is 3.43. The number of rotatable bonds is 3. The Hall–Kier alpha value is -0.633. The molecule has 0 spiro atoms. The van der Waals surface area contributed by atoms with Crippen molar-refractivity contribution in [1.82, 2.24) is 4.90 Å². The lowest BCUT2D eigenvalue weighted by molar-refractivity contribution is -0.0416. The van der Waals surface area contributed by atoms with E-state index in [0.29, 0.717) is 13.2 Å². The molecule has 2 rings (SSSR count). The quantitative estimate of drug-likeness (QED) is 0.737. The summed E-state index contributed by atoms with van der Waals surface area (Å²) in [5, 5.41) is 18.8. The summed E-state index contributed by atoms with van der Waals surface area (Å²) in [6, 6.07) is 0. The Bertz CT molecular complexity index is 345. The first-order chi connectivity index (χ1) is 8.27. The number of hydrogen-bond acceptors (Lipinski definition) is 4. The molecule has 6 nitrogen and oxygen atoms in total. The van der Waals surface area contributed by atoms with E-state index in [9.17, 15) is 9.90 Å². The van der Waals surface area contributed by atoms with Crippen molar-refractivity contribution in [3.05, 3.63) is 0 Å². The SMILES string of the molecule is C[Si](C)(C)OC1C2CN(C(=O)O)CC1(CO)CO2. The molecule has 3 unspecified atom stereocenters. The van der Waals surface area contributed by atoms with Crippen LogP contribution in [0.1, 0.15) is 0 Å². The zero-order valence-electron chi connectivity index (χ0n) is 11.0. The van der Waals surface area contributed by atoms with Crippen molar-refractivity contribution in [1.29, 1.82) is 0 Å². The van der Waals surface area contributed by atoms with E-state index in [1.54, 1.807) is 0 Å². The topological polar surface area (TPSA) is 79.2 Å². The van der Waals surface area contributed by atoms with Gasteiger partial charge < -0.3 is 24.3 Å². The second-order valence-electron chi connectivity index (χ2n) is 6.18. The van der Waals surface area contributed by atoms with E-state index in [1.165, 1.54) is 4.90 Å². The largest absolute Gasteiger partial charge is 0.465 e. The van der Waals surface area contributed by atoms with Gasteiger partial charge in [0.25, 0.3) is 0 Å². The highest BCUT2D eigenvalue weighted by molar-refractivity contribution is 6.69. The van der Waals surface area contributed by atoms with Crippen molar-refractivity contribution in [3.63, 3.8) is 0 Å². The van der Waals surface area contributed by atoms with Gasteiger partial charge in [-0.1, -0.05) is 0 Å². The third-order valence-corrected chi connectivity index (χ3v) is 4.46. The first-order valence-corrected chi connectivity index (χ1v) is 9.56. The van der Waals surface area contributed by atoms with E-state index in [2.05, 4.69) is 19.6 Å². The minimum atomic E-state index is -1.76. The molecule has 3 atom stereocenters. The molecule has 2 aliphatic rings. The first-order valence-electron chi connectivity index (χ1n) is 6.16. The van der Waals surface area contributed by atoms with Crippen molar-refractivity contribution in [2.24, 2.45) is 5.41 Å². The number of ether oxygens (including phenoxy) is 1. The monoisotopic (exact) mass is 275 g/mol. The highest BCUT2D eigenvalue weighted by Gasteiger charge is 2.56. The van der Waals surface area contributed by atoms with Gasteiger partial charge in [0.2, 0.25) is 0 Å². The molecule has 2 fully saturated rings. The van der Waals surface area contributed by atoms with Crippen molar-refractivity contribution < 1.29 is 24.2 Å². The predicted octanol–water partition coefficient (Wildman–Crippen LogP) is 0.578. The lowest BCUT2D eigenvalue weighted by Gasteiger charge is -2.44. The van der Waals surface area contributed by atoms with Gasteiger partial charge in [0.1, 0.15) is 6.10 Å². The predicted molar refractivity (Wildman–Crippen MR) is 67.1 cm³/mol. The van der Waals surface area contributed by atoms with Gasteiger partial charge in [0.15, 0.2) is 8.32 Å². The zero-order valence-corrected chi connectivity index (χ0v) is 12.0. The van der Waals surface area contributed by atoms with Gasteiger partial charge in [-0.05, 0) is 19.6 Å². The fourth-order valence-electron chi connectivity index (χ4n) is 2.70. The molecular weight excluding hydrogens is 254 g/mol. The van der Waals surface area contributed by atoms with Crippen molar-refractivity contribution in [2.75, 3.05) is 26.3 Å². The summed E-state index contributed by atoms with van der Waals surface area (Å²) in [5.74, 6) is 0. The van der Waals surface area contributed by atoms with Crippen molar-refractivity contribution in [3.8, 4) is 0 Å². The van der Waals surface area contributed by atoms with Crippen LogP contribution < -0.4 is 0 Å².